The molecule has 1 aliphatic rings. The van der Waals surface area contributed by atoms with Crippen LogP contribution in [-0.2, 0) is 12.8 Å². The van der Waals surface area contributed by atoms with Gasteiger partial charge in [0, 0.05) is 17.6 Å². The molecule has 172 valence electrons. The monoisotopic (exact) mass is 467 g/mol. The number of methoxy groups -OCH3 is 1. The summed E-state index contributed by atoms with van der Waals surface area (Å²) in [5.41, 5.74) is 3.35. The predicted octanol–water partition coefficient (Wildman–Crippen LogP) is 5.02. The molecule has 3 aromatic carbocycles. The van der Waals surface area contributed by atoms with Crippen LogP contribution in [-0.4, -0.2) is 35.9 Å². The second-order valence-electron chi connectivity index (χ2n) is 8.12. The molecule has 0 saturated carbocycles. The van der Waals surface area contributed by atoms with Crippen molar-refractivity contribution >= 4 is 17.6 Å². The number of carboxylic acids is 1. The van der Waals surface area contributed by atoms with Crippen molar-refractivity contribution < 1.29 is 24.5 Å². The first-order valence-electron chi connectivity index (χ1n) is 10.8. The number of carbonyl (C=O) groups is 1. The van der Waals surface area contributed by atoms with E-state index in [9.17, 15) is 15.0 Å². The zero-order chi connectivity index (χ0) is 23.4. The van der Waals surface area contributed by atoms with Crippen LogP contribution in [0.1, 0.15) is 39.6 Å². The highest BCUT2D eigenvalue weighted by Gasteiger charge is 2.20. The third-order valence-corrected chi connectivity index (χ3v) is 6.15. The number of aromatic carboxylic acids is 1. The smallest absolute Gasteiger partial charge is 0.339 e. The molecule has 3 aromatic rings. The summed E-state index contributed by atoms with van der Waals surface area (Å²) in [5, 5.41) is 24.0. The fourth-order valence-electron chi connectivity index (χ4n) is 4.11. The van der Waals surface area contributed by atoms with E-state index in [-0.39, 0.29) is 17.4 Å². The van der Waals surface area contributed by atoms with Crippen LogP contribution < -0.4 is 14.8 Å². The molecular weight excluding hydrogens is 442 g/mol. The predicted molar refractivity (Wildman–Crippen MR) is 127 cm³/mol. The number of aliphatic hydroxyl groups is 1. The van der Waals surface area contributed by atoms with Gasteiger partial charge >= 0.3 is 5.97 Å². The minimum atomic E-state index is -1.07. The van der Waals surface area contributed by atoms with Crippen LogP contribution in [0.25, 0.3) is 0 Å². The van der Waals surface area contributed by atoms with Crippen LogP contribution in [0.5, 0.6) is 17.2 Å². The molecule has 0 spiro atoms. The van der Waals surface area contributed by atoms with Crippen molar-refractivity contribution in [2.24, 2.45) is 0 Å². The van der Waals surface area contributed by atoms with Gasteiger partial charge in [0.25, 0.3) is 0 Å². The molecular formula is C26H26ClNO5. The van der Waals surface area contributed by atoms with E-state index < -0.39 is 12.1 Å². The van der Waals surface area contributed by atoms with E-state index in [0.717, 1.165) is 24.8 Å². The lowest BCUT2D eigenvalue weighted by Crippen LogP contribution is -2.37. The van der Waals surface area contributed by atoms with E-state index in [0.29, 0.717) is 23.1 Å². The van der Waals surface area contributed by atoms with Gasteiger partial charge in [-0.25, -0.2) is 4.79 Å². The quantitative estimate of drug-likeness (QED) is 0.431. The first-order valence-corrected chi connectivity index (χ1v) is 11.2. The number of aryl methyl sites for hydroxylation is 1. The minimum Gasteiger partial charge on any atom is -0.496 e. The van der Waals surface area contributed by atoms with E-state index >= 15 is 0 Å². The molecule has 6 nitrogen and oxygen atoms in total. The summed E-state index contributed by atoms with van der Waals surface area (Å²) in [6.07, 6.45) is 2.15. The molecule has 0 radical (unpaired) electrons. The summed E-state index contributed by atoms with van der Waals surface area (Å²) >= 11 is 5.92. The van der Waals surface area contributed by atoms with Crippen molar-refractivity contribution in [3.05, 3.63) is 87.9 Å². The van der Waals surface area contributed by atoms with E-state index in [1.54, 1.807) is 24.3 Å². The molecule has 33 heavy (non-hydrogen) atoms. The van der Waals surface area contributed by atoms with Gasteiger partial charge in [-0.05, 0) is 78.4 Å². The van der Waals surface area contributed by atoms with Crippen molar-refractivity contribution in [1.29, 1.82) is 0 Å². The van der Waals surface area contributed by atoms with E-state index in [2.05, 4.69) is 11.4 Å². The highest BCUT2D eigenvalue weighted by atomic mass is 35.5. The van der Waals surface area contributed by atoms with Gasteiger partial charge < -0.3 is 25.0 Å². The molecule has 0 aliphatic heterocycles. The lowest BCUT2D eigenvalue weighted by Gasteiger charge is -2.27. The van der Waals surface area contributed by atoms with Crippen LogP contribution in [0.2, 0.25) is 5.02 Å². The zero-order valence-corrected chi connectivity index (χ0v) is 19.0. The van der Waals surface area contributed by atoms with Gasteiger partial charge in [0.1, 0.15) is 22.8 Å². The molecule has 4 rings (SSSR count). The lowest BCUT2D eigenvalue weighted by molar-refractivity contribution is 0.0693. The molecule has 0 saturated heterocycles. The SMILES string of the molecule is COc1ccc(Oc2ccc3c(c2)C[C@@H](NC[C@@H](O)c2ccc(Cl)cc2)CC3)cc1C(=O)O. The number of hydrogen-bond donors (Lipinski definition) is 3. The number of carboxylic acid groups (broad SMARTS) is 1. The summed E-state index contributed by atoms with van der Waals surface area (Å²) in [4.78, 5) is 11.5. The summed E-state index contributed by atoms with van der Waals surface area (Å²) in [7, 11) is 1.44. The van der Waals surface area contributed by atoms with E-state index in [4.69, 9.17) is 21.1 Å². The molecule has 0 heterocycles. The van der Waals surface area contributed by atoms with Crippen LogP contribution in [0, 0.1) is 0 Å². The number of fused-ring (bicyclic) bond motifs is 1. The molecule has 7 heteroatoms. The highest BCUT2D eigenvalue weighted by molar-refractivity contribution is 6.30. The largest absolute Gasteiger partial charge is 0.496 e. The number of halogens is 1. The summed E-state index contributed by atoms with van der Waals surface area (Å²) in [6.45, 7) is 0.460. The highest BCUT2D eigenvalue weighted by Crippen LogP contribution is 2.31. The summed E-state index contributed by atoms with van der Waals surface area (Å²) < 4.78 is 11.0. The maximum Gasteiger partial charge on any atom is 0.339 e. The van der Waals surface area contributed by atoms with Gasteiger partial charge in [-0.3, -0.25) is 0 Å². The van der Waals surface area contributed by atoms with Crippen molar-refractivity contribution in [3.63, 3.8) is 0 Å². The molecule has 0 bridgehead atoms. The average Bonchev–Trinajstić information content (AvgIpc) is 2.82. The number of rotatable bonds is 8. The Hall–Kier alpha value is -3.06. The third-order valence-electron chi connectivity index (χ3n) is 5.90. The standard InChI is InChI=1S/C26H26ClNO5/c1-32-25-11-10-22(14-23(25)26(30)31)33-21-9-5-16-4-8-20(12-18(16)13-21)28-15-24(29)17-2-6-19(27)7-3-17/h2-3,5-7,9-11,13-14,20,24,28-29H,4,8,12,15H2,1H3,(H,30,31)/t20-,24+/m0/s1. The van der Waals surface area contributed by atoms with Gasteiger partial charge in [0.2, 0.25) is 0 Å². The normalized spacial score (nSPS) is 16.0. The Balaban J connectivity index is 1.40. The second kappa shape index (κ2) is 10.3. The van der Waals surface area contributed by atoms with Crippen LogP contribution in [0.15, 0.2) is 60.7 Å². The van der Waals surface area contributed by atoms with Crippen LogP contribution >= 0.6 is 11.6 Å². The molecule has 0 fully saturated rings. The zero-order valence-electron chi connectivity index (χ0n) is 18.3. The minimum absolute atomic E-state index is 0.0523. The molecule has 0 unspecified atom stereocenters. The van der Waals surface area contributed by atoms with Crippen molar-refractivity contribution in [1.82, 2.24) is 5.32 Å². The number of nitrogens with one attached hydrogen (secondary N) is 1. The first-order chi connectivity index (χ1) is 15.9. The van der Waals surface area contributed by atoms with Crippen LogP contribution in [0.3, 0.4) is 0 Å². The van der Waals surface area contributed by atoms with Crippen LogP contribution in [0.4, 0.5) is 0 Å². The van der Waals surface area contributed by atoms with E-state index in [1.165, 1.54) is 24.3 Å². The van der Waals surface area contributed by atoms with Gasteiger partial charge in [0.15, 0.2) is 0 Å². The van der Waals surface area contributed by atoms with Gasteiger partial charge in [-0.15, -0.1) is 0 Å². The number of ether oxygens (including phenoxy) is 2. The maximum atomic E-state index is 11.5. The molecule has 0 aromatic heterocycles. The maximum absolute atomic E-state index is 11.5. The molecule has 0 amide bonds. The Morgan fingerprint density at radius 3 is 2.55 bits per heavy atom. The lowest BCUT2D eigenvalue weighted by atomic mass is 9.88. The second-order valence-corrected chi connectivity index (χ2v) is 8.55. The van der Waals surface area contributed by atoms with Gasteiger partial charge in [-0.1, -0.05) is 29.8 Å². The topological polar surface area (TPSA) is 88.0 Å². The Kier molecular flexibility index (Phi) is 7.18. The summed E-state index contributed by atoms with van der Waals surface area (Å²) in [5.74, 6) is 0.300. The summed E-state index contributed by atoms with van der Waals surface area (Å²) in [6, 6.07) is 18.2. The number of hydrogen-bond acceptors (Lipinski definition) is 5. The van der Waals surface area contributed by atoms with Gasteiger partial charge in [-0.2, -0.15) is 0 Å². The third kappa shape index (κ3) is 5.66. The Morgan fingerprint density at radius 2 is 1.82 bits per heavy atom. The average molecular weight is 468 g/mol. The fourth-order valence-corrected chi connectivity index (χ4v) is 4.23. The fraction of sp³-hybridized carbons (Fsp3) is 0.269. The van der Waals surface area contributed by atoms with Gasteiger partial charge in [0.05, 0.1) is 13.2 Å². The Morgan fingerprint density at radius 1 is 1.09 bits per heavy atom. The Labute approximate surface area is 197 Å². The number of aliphatic hydroxyl groups excluding tert-OH is 1. The first kappa shape index (κ1) is 23.1. The molecule has 2 atom stereocenters. The van der Waals surface area contributed by atoms with Crippen molar-refractivity contribution in [2.75, 3.05) is 13.7 Å². The molecule has 1 aliphatic carbocycles. The van der Waals surface area contributed by atoms with Crippen molar-refractivity contribution in [2.45, 2.75) is 31.4 Å². The Bertz CT molecular complexity index is 1130. The van der Waals surface area contributed by atoms with Crippen molar-refractivity contribution in [3.8, 4) is 17.2 Å². The number of benzene rings is 3. The molecule has 3 N–H and O–H groups in total. The van der Waals surface area contributed by atoms with E-state index in [1.807, 2.05) is 24.3 Å².